The highest BCUT2D eigenvalue weighted by Crippen LogP contribution is 2.28. The molecule has 0 fully saturated rings. The van der Waals surface area contributed by atoms with Crippen molar-refractivity contribution < 1.29 is 24.2 Å². The number of unbranched alkanes of at least 4 members (excludes halogenated alkanes) is 27. The van der Waals surface area contributed by atoms with Gasteiger partial charge in [-0.1, -0.05) is 181 Å². The Morgan fingerprint density at radius 2 is 0.877 bits per heavy atom. The first kappa shape index (κ1) is 55.9. The highest BCUT2D eigenvalue weighted by molar-refractivity contribution is 5.76. The Labute approximate surface area is 356 Å². The van der Waals surface area contributed by atoms with E-state index in [2.05, 4.69) is 39.5 Å². The summed E-state index contributed by atoms with van der Waals surface area (Å²) < 4.78 is 11.8. The average molecular weight is 808 g/mol. The Bertz CT molecular complexity index is 829. The minimum absolute atomic E-state index is 0.0162. The summed E-state index contributed by atoms with van der Waals surface area (Å²) in [7, 11) is 0. The Morgan fingerprint density at radius 3 is 1.35 bits per heavy atom. The molecule has 0 radical (unpaired) electrons. The molecule has 0 aromatic rings. The van der Waals surface area contributed by atoms with Gasteiger partial charge < -0.3 is 19.5 Å². The summed E-state index contributed by atoms with van der Waals surface area (Å²) in [5, 5.41) is 9.33. The number of hydrogen-bond acceptors (Lipinski definition) is 6. The van der Waals surface area contributed by atoms with Crippen LogP contribution in [-0.2, 0) is 19.1 Å². The Balaban J connectivity index is 4.35. The fourth-order valence-electron chi connectivity index (χ4n) is 8.00. The molecular weight excluding hydrogens is 707 g/mol. The van der Waals surface area contributed by atoms with Crippen molar-refractivity contribution in [1.29, 1.82) is 0 Å². The van der Waals surface area contributed by atoms with E-state index in [9.17, 15) is 14.7 Å². The third-order valence-corrected chi connectivity index (χ3v) is 12.1. The van der Waals surface area contributed by atoms with Crippen molar-refractivity contribution in [1.82, 2.24) is 4.90 Å². The Hall–Kier alpha value is -1.14. The summed E-state index contributed by atoms with van der Waals surface area (Å²) in [6.45, 7) is 15.1. The van der Waals surface area contributed by atoms with Gasteiger partial charge in [0.2, 0.25) is 0 Å². The molecule has 0 aliphatic rings. The van der Waals surface area contributed by atoms with E-state index in [1.807, 2.05) is 0 Å². The molecule has 0 bridgehead atoms. The summed E-state index contributed by atoms with van der Waals surface area (Å²) in [4.78, 5) is 28.2. The van der Waals surface area contributed by atoms with Crippen LogP contribution in [0.1, 0.15) is 272 Å². The highest BCUT2D eigenvalue weighted by Gasteiger charge is 2.30. The standard InChI is InChI=1S/C51H101NO5/c1-6-9-12-15-18-21-29-38-47-56-49(54)41-32-25-22-27-34-43-52(45-36-37-46-53)44-35-28-26-33-42-51(4,5)50(55)57-48(39-30-23-19-16-13-10-7-2)40-31-24-20-17-14-11-8-3/h48,53H,6-47H2,1-5H3. The molecule has 0 unspecified atom stereocenters. The van der Waals surface area contributed by atoms with Crippen molar-refractivity contribution in [3.63, 3.8) is 0 Å². The first-order chi connectivity index (χ1) is 27.8. The first-order valence-corrected chi connectivity index (χ1v) is 25.5. The second-order valence-electron chi connectivity index (χ2n) is 18.4. The summed E-state index contributed by atoms with van der Waals surface area (Å²) in [5.41, 5.74) is -0.428. The van der Waals surface area contributed by atoms with Crippen LogP contribution in [0.4, 0.5) is 0 Å². The molecule has 0 amide bonds. The maximum absolute atomic E-state index is 13.5. The predicted octanol–water partition coefficient (Wildman–Crippen LogP) is 15.3. The number of esters is 2. The van der Waals surface area contributed by atoms with Crippen LogP contribution in [0.2, 0.25) is 0 Å². The molecule has 6 nitrogen and oxygen atoms in total. The zero-order valence-electron chi connectivity index (χ0n) is 39.3. The van der Waals surface area contributed by atoms with Crippen LogP contribution in [0.3, 0.4) is 0 Å². The average Bonchev–Trinajstić information content (AvgIpc) is 3.19. The van der Waals surface area contributed by atoms with Crippen LogP contribution in [0.25, 0.3) is 0 Å². The third-order valence-electron chi connectivity index (χ3n) is 12.1. The van der Waals surface area contributed by atoms with Crippen molar-refractivity contribution >= 4 is 11.9 Å². The Morgan fingerprint density at radius 1 is 0.491 bits per heavy atom. The van der Waals surface area contributed by atoms with E-state index < -0.39 is 5.41 Å². The van der Waals surface area contributed by atoms with Crippen LogP contribution < -0.4 is 0 Å². The normalized spacial score (nSPS) is 11.9. The van der Waals surface area contributed by atoms with Crippen molar-refractivity contribution in [2.75, 3.05) is 32.8 Å². The Kier molecular flexibility index (Phi) is 42.1. The van der Waals surface area contributed by atoms with E-state index in [1.54, 1.807) is 0 Å². The van der Waals surface area contributed by atoms with Gasteiger partial charge in [-0.3, -0.25) is 9.59 Å². The monoisotopic (exact) mass is 808 g/mol. The highest BCUT2D eigenvalue weighted by atomic mass is 16.5. The number of carbonyl (C=O) groups excluding carboxylic acids is 2. The smallest absolute Gasteiger partial charge is 0.311 e. The van der Waals surface area contributed by atoms with Crippen LogP contribution in [0, 0.1) is 5.41 Å². The van der Waals surface area contributed by atoms with Gasteiger partial charge >= 0.3 is 11.9 Å². The second kappa shape index (κ2) is 43.0. The molecule has 0 spiro atoms. The van der Waals surface area contributed by atoms with E-state index in [-0.39, 0.29) is 24.6 Å². The van der Waals surface area contributed by atoms with Crippen molar-refractivity contribution in [2.24, 2.45) is 5.41 Å². The zero-order chi connectivity index (χ0) is 41.9. The molecule has 0 atom stereocenters. The lowest BCUT2D eigenvalue weighted by atomic mass is 9.86. The molecule has 0 aliphatic heterocycles. The van der Waals surface area contributed by atoms with E-state index in [4.69, 9.17) is 9.47 Å². The number of ether oxygens (including phenoxy) is 2. The molecule has 0 aromatic carbocycles. The maximum atomic E-state index is 13.5. The summed E-state index contributed by atoms with van der Waals surface area (Å²) in [6.07, 6.45) is 43.9. The summed E-state index contributed by atoms with van der Waals surface area (Å²) >= 11 is 0. The van der Waals surface area contributed by atoms with Crippen molar-refractivity contribution in [2.45, 2.75) is 278 Å². The summed E-state index contributed by atoms with van der Waals surface area (Å²) in [6, 6.07) is 0. The van der Waals surface area contributed by atoms with Gasteiger partial charge in [-0.25, -0.2) is 0 Å². The van der Waals surface area contributed by atoms with E-state index in [1.165, 1.54) is 167 Å². The molecule has 340 valence electrons. The number of aliphatic hydroxyl groups excluding tert-OH is 1. The van der Waals surface area contributed by atoms with Gasteiger partial charge in [0.15, 0.2) is 0 Å². The van der Waals surface area contributed by atoms with Gasteiger partial charge in [-0.05, 0) is 104 Å². The minimum Gasteiger partial charge on any atom is -0.466 e. The lowest BCUT2D eigenvalue weighted by molar-refractivity contribution is -0.161. The van der Waals surface area contributed by atoms with E-state index in [0.717, 1.165) is 83.8 Å². The van der Waals surface area contributed by atoms with Gasteiger partial charge in [0, 0.05) is 13.0 Å². The van der Waals surface area contributed by atoms with Gasteiger partial charge in [0.1, 0.15) is 6.10 Å². The summed E-state index contributed by atoms with van der Waals surface area (Å²) in [5.74, 6) is -0.00391. The zero-order valence-corrected chi connectivity index (χ0v) is 39.3. The van der Waals surface area contributed by atoms with Crippen molar-refractivity contribution in [3.8, 4) is 0 Å². The van der Waals surface area contributed by atoms with Crippen LogP contribution in [-0.4, -0.2) is 60.9 Å². The lowest BCUT2D eigenvalue weighted by Crippen LogP contribution is -2.31. The molecule has 0 saturated carbocycles. The SMILES string of the molecule is CCCCCCCCCCOC(=O)CCCCCCCN(CCCCO)CCCCCCC(C)(C)C(=O)OC(CCCCCCCCC)CCCCCCCCC. The van der Waals surface area contributed by atoms with Crippen molar-refractivity contribution in [3.05, 3.63) is 0 Å². The van der Waals surface area contributed by atoms with Crippen LogP contribution in [0.5, 0.6) is 0 Å². The second-order valence-corrected chi connectivity index (χ2v) is 18.4. The lowest BCUT2D eigenvalue weighted by Gasteiger charge is -2.27. The first-order valence-electron chi connectivity index (χ1n) is 25.5. The molecule has 0 saturated heterocycles. The number of hydrogen-bond donors (Lipinski definition) is 1. The quantitative estimate of drug-likeness (QED) is 0.0488. The van der Waals surface area contributed by atoms with Gasteiger partial charge in [0.25, 0.3) is 0 Å². The molecule has 0 aromatic heterocycles. The van der Waals surface area contributed by atoms with Gasteiger partial charge in [0.05, 0.1) is 12.0 Å². The van der Waals surface area contributed by atoms with Crippen LogP contribution >= 0.6 is 0 Å². The van der Waals surface area contributed by atoms with E-state index >= 15 is 0 Å². The topological polar surface area (TPSA) is 76.1 Å². The fourth-order valence-corrected chi connectivity index (χ4v) is 8.00. The predicted molar refractivity (Wildman–Crippen MR) is 246 cm³/mol. The van der Waals surface area contributed by atoms with Gasteiger partial charge in [-0.2, -0.15) is 0 Å². The number of carbonyl (C=O) groups is 2. The largest absolute Gasteiger partial charge is 0.466 e. The molecular formula is C51H101NO5. The van der Waals surface area contributed by atoms with Crippen LogP contribution in [0.15, 0.2) is 0 Å². The molecule has 0 aliphatic carbocycles. The molecule has 0 rings (SSSR count). The molecule has 6 heteroatoms. The number of aliphatic hydroxyl groups is 1. The maximum Gasteiger partial charge on any atom is 0.311 e. The molecule has 1 N–H and O–H groups in total. The van der Waals surface area contributed by atoms with Gasteiger partial charge in [-0.15, -0.1) is 0 Å². The number of rotatable bonds is 46. The fraction of sp³-hybridized carbons (Fsp3) is 0.961. The molecule has 57 heavy (non-hydrogen) atoms. The van der Waals surface area contributed by atoms with E-state index in [0.29, 0.717) is 13.0 Å². The number of nitrogens with zero attached hydrogens (tertiary/aromatic N) is 1. The minimum atomic E-state index is -0.428. The third kappa shape index (κ3) is 38.8. The molecule has 0 heterocycles.